The first-order valence-electron chi connectivity index (χ1n) is 12.9. The Morgan fingerprint density at radius 1 is 1.03 bits per heavy atom. The first-order chi connectivity index (χ1) is 18.8. The lowest BCUT2D eigenvalue weighted by molar-refractivity contribution is 0.0695. The summed E-state index contributed by atoms with van der Waals surface area (Å²) in [5.74, 6) is 1.51. The van der Waals surface area contributed by atoms with Crippen LogP contribution in [0.3, 0.4) is 0 Å². The molecule has 2 fully saturated rings. The molecule has 0 spiro atoms. The number of ether oxygens (including phenoxy) is 1. The van der Waals surface area contributed by atoms with E-state index in [9.17, 15) is 4.79 Å². The average Bonchev–Trinajstić information content (AvgIpc) is 3.66. The molecule has 8 heteroatoms. The summed E-state index contributed by atoms with van der Waals surface area (Å²) in [6.07, 6.45) is 3.56. The fourth-order valence-corrected chi connectivity index (χ4v) is 5.25. The molecule has 0 unspecified atom stereocenters. The van der Waals surface area contributed by atoms with Gasteiger partial charge in [-0.3, -0.25) is 0 Å². The highest BCUT2D eigenvalue weighted by Crippen LogP contribution is 2.45. The van der Waals surface area contributed by atoms with Crippen molar-refractivity contribution in [2.45, 2.75) is 57.2 Å². The molecule has 39 heavy (non-hydrogen) atoms. The van der Waals surface area contributed by atoms with Gasteiger partial charge in [0.15, 0.2) is 0 Å². The maximum absolute atomic E-state index is 10.7. The second-order valence-electron chi connectivity index (χ2n) is 10.1. The van der Waals surface area contributed by atoms with Crippen LogP contribution >= 0.6 is 23.2 Å². The zero-order valence-corrected chi connectivity index (χ0v) is 23.0. The summed E-state index contributed by atoms with van der Waals surface area (Å²) >= 11 is 12.5. The standard InChI is InChI=1S/C20H17Cl2NO2.C11H12O3/c1-12-4-2-7-17(22)18(12)19-16(20(25-23-19)13-8-9-13)11-24-15-6-3-5-14(21)10-15;12-10-5-9(6-10)7-2-1-3-8(4-7)11(13)14/h2-7,10,13H,8-9,11H2,1H3;1-4,9-10,12H,5-6H2,(H,13,14). The van der Waals surface area contributed by atoms with Gasteiger partial charge in [0.1, 0.15) is 23.8 Å². The Balaban J connectivity index is 0.000000186. The predicted octanol–water partition coefficient (Wildman–Crippen LogP) is 8.04. The Labute approximate surface area is 237 Å². The van der Waals surface area contributed by atoms with E-state index in [1.165, 1.54) is 0 Å². The SMILES string of the molecule is Cc1cccc(Cl)c1-c1noc(C2CC2)c1COc1cccc(Cl)c1.O=C(O)c1cccc(C2CC(O)C2)c1. The summed E-state index contributed by atoms with van der Waals surface area (Å²) in [6.45, 7) is 2.39. The minimum atomic E-state index is -0.897. The van der Waals surface area contributed by atoms with E-state index >= 15 is 0 Å². The number of carboxylic acids is 1. The first kappa shape index (κ1) is 27.3. The number of rotatable bonds is 7. The Kier molecular flexibility index (Phi) is 8.26. The van der Waals surface area contributed by atoms with Crippen molar-refractivity contribution in [3.8, 4) is 17.0 Å². The number of hydrogen-bond acceptors (Lipinski definition) is 5. The Morgan fingerprint density at radius 3 is 2.44 bits per heavy atom. The monoisotopic (exact) mass is 565 g/mol. The molecule has 1 heterocycles. The van der Waals surface area contributed by atoms with Gasteiger partial charge in [0, 0.05) is 16.5 Å². The van der Waals surface area contributed by atoms with E-state index < -0.39 is 5.97 Å². The summed E-state index contributed by atoms with van der Waals surface area (Å²) in [5, 5.41) is 23.6. The number of nitrogens with zero attached hydrogens (tertiary/aromatic N) is 1. The molecule has 2 saturated carbocycles. The van der Waals surface area contributed by atoms with Gasteiger partial charge in [-0.2, -0.15) is 0 Å². The first-order valence-corrected chi connectivity index (χ1v) is 13.7. The van der Waals surface area contributed by atoms with Crippen LogP contribution in [0.5, 0.6) is 5.75 Å². The number of benzene rings is 3. The lowest BCUT2D eigenvalue weighted by Crippen LogP contribution is -2.26. The van der Waals surface area contributed by atoms with E-state index in [0.29, 0.717) is 34.1 Å². The molecular formula is C31H29Cl2NO5. The Hall–Kier alpha value is -3.32. The summed E-state index contributed by atoms with van der Waals surface area (Å²) < 4.78 is 11.6. The van der Waals surface area contributed by atoms with Gasteiger partial charge in [-0.15, -0.1) is 0 Å². The molecule has 0 radical (unpaired) electrons. The molecule has 4 aromatic rings. The van der Waals surface area contributed by atoms with Crippen LogP contribution in [-0.4, -0.2) is 27.4 Å². The Bertz CT molecular complexity index is 1450. The number of aromatic nitrogens is 1. The number of aryl methyl sites for hydroxylation is 1. The summed E-state index contributed by atoms with van der Waals surface area (Å²) in [7, 11) is 0. The van der Waals surface area contributed by atoms with Gasteiger partial charge in [0.2, 0.25) is 0 Å². The van der Waals surface area contributed by atoms with E-state index in [2.05, 4.69) is 5.16 Å². The van der Waals surface area contributed by atoms with E-state index in [0.717, 1.165) is 65.1 Å². The summed E-state index contributed by atoms with van der Waals surface area (Å²) in [5.41, 5.74) is 5.06. The largest absolute Gasteiger partial charge is 0.489 e. The van der Waals surface area contributed by atoms with Crippen LogP contribution in [0.25, 0.3) is 11.3 Å². The number of carbonyl (C=O) groups is 1. The topological polar surface area (TPSA) is 92.8 Å². The van der Waals surface area contributed by atoms with Crippen LogP contribution in [0.4, 0.5) is 0 Å². The van der Waals surface area contributed by atoms with Gasteiger partial charge in [-0.05, 0) is 86.1 Å². The minimum Gasteiger partial charge on any atom is -0.489 e. The molecule has 0 amide bonds. The molecule has 0 bridgehead atoms. The van der Waals surface area contributed by atoms with Crippen molar-refractivity contribution in [1.29, 1.82) is 0 Å². The molecule has 6 rings (SSSR count). The van der Waals surface area contributed by atoms with Crippen molar-refractivity contribution in [1.82, 2.24) is 5.16 Å². The summed E-state index contributed by atoms with van der Waals surface area (Å²) in [4.78, 5) is 10.7. The molecular weight excluding hydrogens is 537 g/mol. The van der Waals surface area contributed by atoms with Crippen LogP contribution < -0.4 is 4.74 Å². The number of carboxylic acid groups (broad SMARTS) is 1. The smallest absolute Gasteiger partial charge is 0.335 e. The molecule has 3 aromatic carbocycles. The number of aliphatic hydroxyl groups is 1. The normalized spacial score (nSPS) is 18.1. The van der Waals surface area contributed by atoms with Crippen molar-refractivity contribution in [3.05, 3.63) is 105 Å². The molecule has 1 aromatic heterocycles. The van der Waals surface area contributed by atoms with E-state index in [-0.39, 0.29) is 6.10 Å². The van der Waals surface area contributed by atoms with Crippen molar-refractivity contribution in [2.24, 2.45) is 0 Å². The fraction of sp³-hybridized carbons (Fsp3) is 0.290. The van der Waals surface area contributed by atoms with Gasteiger partial charge < -0.3 is 19.5 Å². The van der Waals surface area contributed by atoms with Crippen molar-refractivity contribution in [3.63, 3.8) is 0 Å². The van der Waals surface area contributed by atoms with Crippen LogP contribution in [0.15, 0.2) is 71.3 Å². The molecule has 6 nitrogen and oxygen atoms in total. The second kappa shape index (κ2) is 11.8. The highest BCUT2D eigenvalue weighted by molar-refractivity contribution is 6.33. The van der Waals surface area contributed by atoms with Crippen LogP contribution in [0.2, 0.25) is 10.0 Å². The van der Waals surface area contributed by atoms with E-state index in [1.807, 2.05) is 49.4 Å². The van der Waals surface area contributed by atoms with E-state index in [4.69, 9.17) is 42.7 Å². The third-order valence-electron chi connectivity index (χ3n) is 7.12. The van der Waals surface area contributed by atoms with E-state index in [1.54, 1.807) is 24.3 Å². The molecule has 0 saturated heterocycles. The molecule has 2 N–H and O–H groups in total. The van der Waals surface area contributed by atoms with Crippen molar-refractivity contribution >= 4 is 29.2 Å². The number of aromatic carboxylic acids is 1. The van der Waals surface area contributed by atoms with Gasteiger partial charge in [0.25, 0.3) is 0 Å². The Morgan fingerprint density at radius 2 is 1.77 bits per heavy atom. The van der Waals surface area contributed by atoms with Gasteiger partial charge in [-0.1, -0.05) is 58.7 Å². The van der Waals surface area contributed by atoms with Crippen LogP contribution in [0, 0.1) is 6.92 Å². The van der Waals surface area contributed by atoms with Crippen LogP contribution in [0.1, 0.15) is 70.3 Å². The molecule has 0 atom stereocenters. The fourth-order valence-electron chi connectivity index (χ4n) is 4.75. The number of hydrogen-bond donors (Lipinski definition) is 2. The number of aliphatic hydroxyl groups excluding tert-OH is 1. The minimum absolute atomic E-state index is 0.200. The van der Waals surface area contributed by atoms with Gasteiger partial charge in [0.05, 0.1) is 22.3 Å². The quantitative estimate of drug-likeness (QED) is 0.235. The van der Waals surface area contributed by atoms with Gasteiger partial charge in [-0.25, -0.2) is 4.79 Å². The summed E-state index contributed by atoms with van der Waals surface area (Å²) in [6, 6.07) is 20.2. The lowest BCUT2D eigenvalue weighted by atomic mass is 9.77. The second-order valence-corrected chi connectivity index (χ2v) is 10.9. The average molecular weight is 566 g/mol. The maximum atomic E-state index is 10.7. The molecule has 2 aliphatic carbocycles. The zero-order chi connectivity index (χ0) is 27.5. The molecule has 0 aliphatic heterocycles. The maximum Gasteiger partial charge on any atom is 0.335 e. The molecule has 2 aliphatic rings. The van der Waals surface area contributed by atoms with Crippen molar-refractivity contribution < 1.29 is 24.3 Å². The van der Waals surface area contributed by atoms with Crippen LogP contribution in [-0.2, 0) is 6.61 Å². The lowest BCUT2D eigenvalue weighted by Gasteiger charge is -2.31. The van der Waals surface area contributed by atoms with Gasteiger partial charge >= 0.3 is 5.97 Å². The number of halogens is 2. The van der Waals surface area contributed by atoms with Crippen molar-refractivity contribution in [2.75, 3.05) is 0 Å². The predicted molar refractivity (Wildman–Crippen MR) is 151 cm³/mol. The third-order valence-corrected chi connectivity index (χ3v) is 7.67. The third kappa shape index (κ3) is 6.47. The zero-order valence-electron chi connectivity index (χ0n) is 21.4. The molecule has 202 valence electrons. The highest BCUT2D eigenvalue weighted by Gasteiger charge is 2.33. The highest BCUT2D eigenvalue weighted by atomic mass is 35.5.